The van der Waals surface area contributed by atoms with Gasteiger partial charge in [-0.3, -0.25) is 4.79 Å². The minimum atomic E-state index is -0.0326. The van der Waals surface area contributed by atoms with Gasteiger partial charge in [-0.2, -0.15) is 0 Å². The molecule has 0 amide bonds. The Balaban J connectivity index is 1.93. The molecule has 1 N–H and O–H groups in total. The number of aryl methyl sites for hydroxylation is 1. The largest absolute Gasteiger partial charge is 0.362 e. The molecule has 0 aromatic carbocycles. The lowest BCUT2D eigenvalue weighted by atomic mass is 10.0. The number of pyridine rings is 1. The first-order chi connectivity index (χ1) is 8.24. The molecule has 0 bridgehead atoms. The number of H-pyrrole nitrogens is 1. The quantitative estimate of drug-likeness (QED) is 0.802. The Morgan fingerprint density at radius 3 is 3.12 bits per heavy atom. The summed E-state index contributed by atoms with van der Waals surface area (Å²) in [6.07, 6.45) is 4.31. The van der Waals surface area contributed by atoms with E-state index in [1.54, 1.807) is 18.5 Å². The summed E-state index contributed by atoms with van der Waals surface area (Å²) in [5.74, 6) is 0.891. The summed E-state index contributed by atoms with van der Waals surface area (Å²) in [7, 11) is 0. The Morgan fingerprint density at radius 1 is 1.47 bits per heavy atom. The van der Waals surface area contributed by atoms with Gasteiger partial charge >= 0.3 is 0 Å². The molecule has 17 heavy (non-hydrogen) atoms. The van der Waals surface area contributed by atoms with Gasteiger partial charge in [0.05, 0.1) is 0 Å². The van der Waals surface area contributed by atoms with Crippen LogP contribution in [0.4, 0.5) is 5.82 Å². The monoisotopic (exact) mass is 231 g/mol. The van der Waals surface area contributed by atoms with E-state index in [2.05, 4.69) is 15.0 Å². The highest BCUT2D eigenvalue weighted by molar-refractivity contribution is 5.47. The molecule has 0 saturated carbocycles. The van der Waals surface area contributed by atoms with E-state index in [1.807, 2.05) is 6.92 Å². The van der Waals surface area contributed by atoms with Crippen molar-refractivity contribution in [3.8, 4) is 0 Å². The highest BCUT2D eigenvalue weighted by Crippen LogP contribution is 2.24. The topological polar surface area (TPSA) is 62.1 Å². The smallest absolute Gasteiger partial charge is 0.248 e. The third kappa shape index (κ3) is 1.73. The molecule has 0 atom stereocenters. The van der Waals surface area contributed by atoms with Gasteiger partial charge < -0.3 is 14.4 Å². The molecular weight excluding hydrogens is 218 g/mol. The molecule has 0 aliphatic carbocycles. The van der Waals surface area contributed by atoms with Gasteiger partial charge in [-0.1, -0.05) is 5.16 Å². The van der Waals surface area contributed by atoms with Gasteiger partial charge in [-0.25, -0.2) is 0 Å². The second kappa shape index (κ2) is 3.76. The van der Waals surface area contributed by atoms with E-state index in [4.69, 9.17) is 4.52 Å². The Bertz CT molecular complexity index is 600. The second-order valence-corrected chi connectivity index (χ2v) is 4.34. The van der Waals surface area contributed by atoms with E-state index in [0.29, 0.717) is 0 Å². The first kappa shape index (κ1) is 10.1. The van der Waals surface area contributed by atoms with E-state index in [1.165, 1.54) is 0 Å². The molecule has 0 fully saturated rings. The Hall–Kier alpha value is -2.04. The van der Waals surface area contributed by atoms with Gasteiger partial charge in [0.2, 0.25) is 5.56 Å². The van der Waals surface area contributed by atoms with Gasteiger partial charge in [0.15, 0.2) is 5.82 Å². The number of hydrogen-bond donors (Lipinski definition) is 1. The number of aromatic amines is 1. The maximum absolute atomic E-state index is 11.2. The van der Waals surface area contributed by atoms with Crippen molar-refractivity contribution >= 4 is 5.82 Å². The van der Waals surface area contributed by atoms with E-state index >= 15 is 0 Å². The SMILES string of the molecule is Cc1conc1N1CCc2cc(=O)[nH]cc2C1. The minimum absolute atomic E-state index is 0.0326. The number of nitrogens with one attached hydrogen (secondary N) is 1. The molecule has 1 aliphatic heterocycles. The molecule has 0 spiro atoms. The van der Waals surface area contributed by atoms with Crippen LogP contribution in [0.1, 0.15) is 16.7 Å². The predicted molar refractivity (Wildman–Crippen MR) is 63.1 cm³/mol. The van der Waals surface area contributed by atoms with Crippen molar-refractivity contribution in [2.24, 2.45) is 0 Å². The zero-order valence-corrected chi connectivity index (χ0v) is 9.56. The maximum atomic E-state index is 11.2. The molecule has 3 heterocycles. The summed E-state index contributed by atoms with van der Waals surface area (Å²) in [5.41, 5.74) is 3.29. The van der Waals surface area contributed by atoms with Gasteiger partial charge in [0, 0.05) is 30.9 Å². The normalized spacial score (nSPS) is 14.8. The van der Waals surface area contributed by atoms with Gasteiger partial charge in [-0.15, -0.1) is 0 Å². The van der Waals surface area contributed by atoms with E-state index in [9.17, 15) is 4.79 Å². The fourth-order valence-electron chi connectivity index (χ4n) is 2.23. The van der Waals surface area contributed by atoms with Crippen LogP contribution < -0.4 is 10.5 Å². The van der Waals surface area contributed by atoms with Crippen LogP contribution in [0, 0.1) is 6.92 Å². The molecule has 2 aromatic rings. The van der Waals surface area contributed by atoms with Crippen molar-refractivity contribution in [3.05, 3.63) is 45.6 Å². The van der Waals surface area contributed by atoms with Crippen LogP contribution in [0.15, 0.2) is 27.8 Å². The lowest BCUT2D eigenvalue weighted by Gasteiger charge is -2.28. The number of nitrogens with zero attached hydrogens (tertiary/aromatic N) is 2. The average Bonchev–Trinajstić information content (AvgIpc) is 2.75. The van der Waals surface area contributed by atoms with Crippen molar-refractivity contribution in [2.75, 3.05) is 11.4 Å². The predicted octanol–water partition coefficient (Wildman–Crippen LogP) is 1.23. The second-order valence-electron chi connectivity index (χ2n) is 4.34. The lowest BCUT2D eigenvalue weighted by Crippen LogP contribution is -2.32. The number of fused-ring (bicyclic) bond motifs is 1. The number of hydrogen-bond acceptors (Lipinski definition) is 4. The Morgan fingerprint density at radius 2 is 2.35 bits per heavy atom. The molecule has 5 heteroatoms. The Kier molecular flexibility index (Phi) is 2.24. The zero-order chi connectivity index (χ0) is 11.8. The molecule has 3 rings (SSSR count). The van der Waals surface area contributed by atoms with Crippen LogP contribution in [0.5, 0.6) is 0 Å². The molecule has 0 saturated heterocycles. The summed E-state index contributed by atoms with van der Waals surface area (Å²) in [5, 5.41) is 4.01. The fraction of sp³-hybridized carbons (Fsp3) is 0.333. The molecule has 5 nitrogen and oxygen atoms in total. The van der Waals surface area contributed by atoms with Gasteiger partial charge in [0.1, 0.15) is 6.26 Å². The number of aromatic nitrogens is 2. The van der Waals surface area contributed by atoms with Crippen molar-refractivity contribution < 1.29 is 4.52 Å². The van der Waals surface area contributed by atoms with Crippen LogP contribution in [-0.4, -0.2) is 16.7 Å². The van der Waals surface area contributed by atoms with Gasteiger partial charge in [-0.05, 0) is 24.5 Å². The van der Waals surface area contributed by atoms with Crippen LogP contribution in [-0.2, 0) is 13.0 Å². The highest BCUT2D eigenvalue weighted by atomic mass is 16.5. The van der Waals surface area contributed by atoms with Crippen LogP contribution in [0.25, 0.3) is 0 Å². The van der Waals surface area contributed by atoms with E-state index in [0.717, 1.165) is 42.0 Å². The summed E-state index contributed by atoms with van der Waals surface area (Å²) < 4.78 is 4.96. The van der Waals surface area contributed by atoms with Crippen molar-refractivity contribution in [3.63, 3.8) is 0 Å². The molecule has 1 aliphatic rings. The van der Waals surface area contributed by atoms with E-state index in [-0.39, 0.29) is 5.56 Å². The third-order valence-corrected chi connectivity index (χ3v) is 3.14. The molecular formula is C12H13N3O2. The fourth-order valence-corrected chi connectivity index (χ4v) is 2.23. The first-order valence-corrected chi connectivity index (χ1v) is 5.60. The van der Waals surface area contributed by atoms with Crippen LogP contribution in [0.2, 0.25) is 0 Å². The summed E-state index contributed by atoms with van der Waals surface area (Å²) in [6, 6.07) is 1.68. The minimum Gasteiger partial charge on any atom is -0.362 e. The van der Waals surface area contributed by atoms with Crippen LogP contribution in [0.3, 0.4) is 0 Å². The average molecular weight is 231 g/mol. The van der Waals surface area contributed by atoms with Crippen molar-refractivity contribution in [2.45, 2.75) is 19.9 Å². The van der Waals surface area contributed by atoms with E-state index < -0.39 is 0 Å². The molecule has 88 valence electrons. The molecule has 0 unspecified atom stereocenters. The van der Waals surface area contributed by atoms with Crippen LogP contribution >= 0.6 is 0 Å². The summed E-state index contributed by atoms with van der Waals surface area (Å²) >= 11 is 0. The zero-order valence-electron chi connectivity index (χ0n) is 9.56. The number of rotatable bonds is 1. The summed E-state index contributed by atoms with van der Waals surface area (Å²) in [4.78, 5) is 16.1. The van der Waals surface area contributed by atoms with Gasteiger partial charge in [0.25, 0.3) is 0 Å². The standard InChI is InChI=1S/C12H13N3O2/c1-8-7-17-14-12(8)15-3-2-9-4-11(16)13-5-10(9)6-15/h4-5,7H,2-3,6H2,1H3,(H,13,16). The lowest BCUT2D eigenvalue weighted by molar-refractivity contribution is 0.417. The highest BCUT2D eigenvalue weighted by Gasteiger charge is 2.20. The maximum Gasteiger partial charge on any atom is 0.248 e. The first-order valence-electron chi connectivity index (χ1n) is 5.60. The molecule has 2 aromatic heterocycles. The van der Waals surface area contributed by atoms with Crippen molar-refractivity contribution in [1.82, 2.24) is 10.1 Å². The summed E-state index contributed by atoms with van der Waals surface area (Å²) in [6.45, 7) is 3.61. The molecule has 0 radical (unpaired) electrons. The third-order valence-electron chi connectivity index (χ3n) is 3.14. The van der Waals surface area contributed by atoms with Crippen molar-refractivity contribution in [1.29, 1.82) is 0 Å². The number of anilines is 1. The Labute approximate surface area is 98.0 Å².